The number of hydrogen-bond acceptors (Lipinski definition) is 5. The van der Waals surface area contributed by atoms with Crippen molar-refractivity contribution in [1.29, 1.82) is 5.26 Å². The summed E-state index contributed by atoms with van der Waals surface area (Å²) in [6, 6.07) is 12.0. The number of fused-ring (bicyclic) bond motifs is 1. The predicted octanol–water partition coefficient (Wildman–Crippen LogP) is 4.19. The number of thioether (sulfide) groups is 1. The lowest BCUT2D eigenvalue weighted by Gasteiger charge is -2.08. The normalized spacial score (nSPS) is 10.6. The molecule has 25 heavy (non-hydrogen) atoms. The molecule has 1 N–H and O–H groups in total. The Morgan fingerprint density at radius 1 is 1.32 bits per heavy atom. The van der Waals surface area contributed by atoms with Crippen LogP contribution in [0.25, 0.3) is 10.9 Å². The molecule has 0 atom stereocenters. The second kappa shape index (κ2) is 7.68. The lowest BCUT2D eigenvalue weighted by Crippen LogP contribution is -2.24. The molecule has 0 unspecified atom stereocenters. The average molecular weight is 367 g/mol. The maximum Gasteiger partial charge on any atom is 0.230 e. The highest BCUT2D eigenvalue weighted by molar-refractivity contribution is 8.00. The number of rotatable bonds is 5. The minimum atomic E-state index is -0.0655. The van der Waals surface area contributed by atoms with Crippen LogP contribution in [0.1, 0.15) is 21.6 Å². The van der Waals surface area contributed by atoms with Gasteiger partial charge >= 0.3 is 0 Å². The van der Waals surface area contributed by atoms with Crippen LogP contribution < -0.4 is 5.32 Å². The van der Waals surface area contributed by atoms with E-state index in [0.717, 1.165) is 21.3 Å². The average Bonchev–Trinajstić information content (AvgIpc) is 3.12. The molecular formula is C19H17N3OS2. The third-order valence-electron chi connectivity index (χ3n) is 3.90. The first-order chi connectivity index (χ1) is 12.1. The summed E-state index contributed by atoms with van der Waals surface area (Å²) in [7, 11) is 0. The number of nitriles is 1. The fourth-order valence-electron chi connectivity index (χ4n) is 2.40. The minimum absolute atomic E-state index is 0.0655. The first-order valence-corrected chi connectivity index (χ1v) is 9.67. The van der Waals surface area contributed by atoms with Gasteiger partial charge in [0.15, 0.2) is 0 Å². The van der Waals surface area contributed by atoms with Crippen LogP contribution in [-0.2, 0) is 11.3 Å². The second-order valence-electron chi connectivity index (χ2n) is 5.73. The number of benzene rings is 1. The molecule has 0 radical (unpaired) electrons. The van der Waals surface area contributed by atoms with Gasteiger partial charge in [0.05, 0.1) is 23.4 Å². The van der Waals surface area contributed by atoms with Crippen molar-refractivity contribution in [1.82, 2.24) is 10.3 Å². The van der Waals surface area contributed by atoms with Crippen molar-refractivity contribution in [3.8, 4) is 6.07 Å². The zero-order chi connectivity index (χ0) is 17.8. The lowest BCUT2D eigenvalue weighted by molar-refractivity contribution is -0.118. The summed E-state index contributed by atoms with van der Waals surface area (Å²) in [4.78, 5) is 17.7. The maximum atomic E-state index is 12.0. The maximum absolute atomic E-state index is 12.0. The predicted molar refractivity (Wildman–Crippen MR) is 103 cm³/mol. The fraction of sp³-hybridized carbons (Fsp3) is 0.211. The van der Waals surface area contributed by atoms with Crippen molar-refractivity contribution in [2.24, 2.45) is 0 Å². The fourth-order valence-corrected chi connectivity index (χ4v) is 3.83. The van der Waals surface area contributed by atoms with Crippen LogP contribution in [0.4, 0.5) is 0 Å². The molecule has 1 amide bonds. The highest BCUT2D eigenvalue weighted by Crippen LogP contribution is 2.26. The number of thiophene rings is 1. The van der Waals surface area contributed by atoms with E-state index in [9.17, 15) is 10.1 Å². The minimum Gasteiger partial charge on any atom is -0.350 e. The summed E-state index contributed by atoms with van der Waals surface area (Å²) in [5.74, 6) is 0.174. The number of aromatic nitrogens is 1. The lowest BCUT2D eigenvalue weighted by atomic mass is 10.1. The molecule has 0 aliphatic rings. The highest BCUT2D eigenvalue weighted by atomic mass is 32.2. The number of pyridine rings is 1. The van der Waals surface area contributed by atoms with Crippen LogP contribution in [0.15, 0.2) is 40.7 Å². The van der Waals surface area contributed by atoms with Gasteiger partial charge in [-0.05, 0) is 54.6 Å². The van der Waals surface area contributed by atoms with Gasteiger partial charge in [-0.3, -0.25) is 4.79 Å². The molecule has 0 aliphatic carbocycles. The van der Waals surface area contributed by atoms with Gasteiger partial charge in [-0.15, -0.1) is 11.3 Å². The van der Waals surface area contributed by atoms with Crippen molar-refractivity contribution in [3.63, 3.8) is 0 Å². The zero-order valence-electron chi connectivity index (χ0n) is 14.0. The Labute approximate surface area is 154 Å². The van der Waals surface area contributed by atoms with E-state index in [1.165, 1.54) is 17.3 Å². The molecule has 0 spiro atoms. The molecule has 0 fully saturated rings. The standard InChI is InChI=1S/C19H17N3OS2/c1-12-6-14-8-15(9-20)19(22-17(14)7-13(12)2)25-11-18(23)21-10-16-4-3-5-24-16/h3-8H,10-11H2,1-2H3,(H,21,23). The second-order valence-corrected chi connectivity index (χ2v) is 7.72. The summed E-state index contributed by atoms with van der Waals surface area (Å²) in [6.07, 6.45) is 0. The van der Waals surface area contributed by atoms with Crippen LogP contribution in [0.5, 0.6) is 0 Å². The van der Waals surface area contributed by atoms with Gasteiger partial charge < -0.3 is 5.32 Å². The summed E-state index contributed by atoms with van der Waals surface area (Å²) in [5.41, 5.74) is 3.69. The molecule has 0 aliphatic heterocycles. The molecular weight excluding hydrogens is 350 g/mol. The number of nitrogens with one attached hydrogen (secondary N) is 1. The van der Waals surface area contributed by atoms with Gasteiger partial charge in [-0.25, -0.2) is 4.98 Å². The Balaban J connectivity index is 1.72. The summed E-state index contributed by atoms with van der Waals surface area (Å²) < 4.78 is 0. The van der Waals surface area contributed by atoms with E-state index in [4.69, 9.17) is 0 Å². The number of aryl methyl sites for hydroxylation is 2. The third kappa shape index (κ3) is 4.19. The number of carbonyl (C=O) groups excluding carboxylic acids is 1. The van der Waals surface area contributed by atoms with Gasteiger partial charge in [0, 0.05) is 10.3 Å². The van der Waals surface area contributed by atoms with Crippen molar-refractivity contribution >= 4 is 39.9 Å². The van der Waals surface area contributed by atoms with Crippen molar-refractivity contribution in [2.75, 3.05) is 5.75 Å². The van der Waals surface area contributed by atoms with Gasteiger partial charge in [0.1, 0.15) is 11.1 Å². The number of amides is 1. The molecule has 126 valence electrons. The quantitative estimate of drug-likeness (QED) is 0.687. The largest absolute Gasteiger partial charge is 0.350 e. The first-order valence-electron chi connectivity index (χ1n) is 7.81. The molecule has 2 heterocycles. The van der Waals surface area contributed by atoms with E-state index in [2.05, 4.69) is 16.4 Å². The van der Waals surface area contributed by atoms with E-state index in [1.807, 2.05) is 49.6 Å². The summed E-state index contributed by atoms with van der Waals surface area (Å²) >= 11 is 2.91. The van der Waals surface area contributed by atoms with Crippen LogP contribution in [-0.4, -0.2) is 16.6 Å². The molecule has 0 bridgehead atoms. The Hall–Kier alpha value is -2.36. The molecule has 0 saturated carbocycles. The first kappa shape index (κ1) is 17.5. The molecule has 4 nitrogen and oxygen atoms in total. The van der Waals surface area contributed by atoms with Gasteiger partial charge in [-0.1, -0.05) is 17.8 Å². The summed E-state index contributed by atoms with van der Waals surface area (Å²) in [5, 5.41) is 15.8. The summed E-state index contributed by atoms with van der Waals surface area (Å²) in [6.45, 7) is 4.62. The SMILES string of the molecule is Cc1cc2cc(C#N)c(SCC(=O)NCc3cccs3)nc2cc1C. The Bertz CT molecular complexity index is 959. The molecule has 3 aromatic rings. The number of nitrogens with zero attached hydrogens (tertiary/aromatic N) is 2. The van der Waals surface area contributed by atoms with Crippen LogP contribution in [0, 0.1) is 25.2 Å². The molecule has 3 rings (SSSR count). The molecule has 2 aromatic heterocycles. The van der Waals surface area contributed by atoms with Crippen molar-refractivity contribution < 1.29 is 4.79 Å². The Kier molecular flexibility index (Phi) is 5.37. The molecule has 6 heteroatoms. The Morgan fingerprint density at radius 2 is 2.12 bits per heavy atom. The van der Waals surface area contributed by atoms with E-state index in [0.29, 0.717) is 17.1 Å². The number of carbonyl (C=O) groups is 1. The zero-order valence-corrected chi connectivity index (χ0v) is 15.6. The van der Waals surface area contributed by atoms with E-state index >= 15 is 0 Å². The van der Waals surface area contributed by atoms with E-state index < -0.39 is 0 Å². The van der Waals surface area contributed by atoms with Gasteiger partial charge in [0.2, 0.25) is 5.91 Å². The topological polar surface area (TPSA) is 65.8 Å². The van der Waals surface area contributed by atoms with Gasteiger partial charge in [0.25, 0.3) is 0 Å². The van der Waals surface area contributed by atoms with E-state index in [1.54, 1.807) is 11.3 Å². The Morgan fingerprint density at radius 3 is 2.84 bits per heavy atom. The van der Waals surface area contributed by atoms with Crippen LogP contribution in [0.3, 0.4) is 0 Å². The van der Waals surface area contributed by atoms with Crippen molar-refractivity contribution in [2.45, 2.75) is 25.4 Å². The van der Waals surface area contributed by atoms with Crippen LogP contribution >= 0.6 is 23.1 Å². The third-order valence-corrected chi connectivity index (χ3v) is 5.76. The molecule has 0 saturated heterocycles. The smallest absolute Gasteiger partial charge is 0.230 e. The molecule has 1 aromatic carbocycles. The van der Waals surface area contributed by atoms with Crippen LogP contribution in [0.2, 0.25) is 0 Å². The van der Waals surface area contributed by atoms with E-state index in [-0.39, 0.29) is 11.7 Å². The highest BCUT2D eigenvalue weighted by Gasteiger charge is 2.11. The van der Waals surface area contributed by atoms with Crippen molar-refractivity contribution in [3.05, 3.63) is 57.3 Å². The van der Waals surface area contributed by atoms with Gasteiger partial charge in [-0.2, -0.15) is 5.26 Å². The number of hydrogen-bond donors (Lipinski definition) is 1. The monoisotopic (exact) mass is 367 g/mol.